The molecule has 1 aromatic carbocycles. The largest absolute Gasteiger partial charge is 0.355 e. The van der Waals surface area contributed by atoms with Gasteiger partial charge in [-0.2, -0.15) is 4.91 Å². The van der Waals surface area contributed by atoms with E-state index in [0.717, 1.165) is 19.5 Å². The fourth-order valence-electron chi connectivity index (χ4n) is 2.89. The molecule has 2 rings (SSSR count). The van der Waals surface area contributed by atoms with Crippen LogP contribution >= 0.6 is 0 Å². The topological polar surface area (TPSA) is 78.8 Å². The number of rotatable bonds is 10. The number of unbranched alkanes of at least 4 members (excludes halogenated alkanes) is 1. The summed E-state index contributed by atoms with van der Waals surface area (Å²) in [6.07, 6.45) is 2.80. The van der Waals surface area contributed by atoms with Gasteiger partial charge in [0.2, 0.25) is 5.91 Å². The fraction of sp³-hybridized carbons (Fsp3) is 0.556. The summed E-state index contributed by atoms with van der Waals surface area (Å²) in [4.78, 5) is 36.2. The minimum Gasteiger partial charge on any atom is -0.355 e. The molecular weight excluding hydrogens is 325 g/mol. The second-order valence-corrected chi connectivity index (χ2v) is 6.34. The van der Waals surface area contributed by atoms with Crippen LogP contribution in [-0.2, 0) is 4.79 Å². The fourth-order valence-corrected chi connectivity index (χ4v) is 2.89. The number of Topliss-reactive ketones (excluding diaryl/α,β-unsaturated/α-hetero) is 1. The monoisotopic (exact) mass is 349 g/mol. The Morgan fingerprint density at radius 2 is 1.92 bits per heavy atom. The average Bonchev–Trinajstić information content (AvgIpc) is 3.07. The van der Waals surface area contributed by atoms with Crippen molar-refractivity contribution in [3.8, 4) is 0 Å². The average molecular weight is 349 g/mol. The Morgan fingerprint density at radius 1 is 1.20 bits per heavy atom. The number of ketones is 1. The first-order chi connectivity index (χ1) is 12.1. The van der Waals surface area contributed by atoms with Crippen LogP contribution < -0.4 is 5.32 Å². The van der Waals surface area contributed by atoms with Gasteiger partial charge in [0, 0.05) is 44.6 Å². The quantitative estimate of drug-likeness (QED) is 0.400. The maximum Gasteiger partial charge on any atom is 0.220 e. The number of hydrogen-bond acceptors (Lipinski definition) is 5. The van der Waals surface area contributed by atoms with Crippen molar-refractivity contribution in [2.45, 2.75) is 38.1 Å². The van der Waals surface area contributed by atoms with Gasteiger partial charge in [-0.3, -0.25) is 14.5 Å². The number of carbonyl (C=O) groups excluding carboxylic acids is 2. The number of hydrogen-bond donors (Lipinski definition) is 1. The molecule has 136 valence electrons. The molecule has 1 fully saturated rings. The zero-order valence-corrected chi connectivity index (χ0v) is 14.2. The number of halogens is 1. The molecule has 1 saturated heterocycles. The molecule has 1 amide bonds. The molecule has 25 heavy (non-hydrogen) atoms. The lowest BCUT2D eigenvalue weighted by Gasteiger charge is -2.14. The molecule has 0 spiro atoms. The van der Waals surface area contributed by atoms with E-state index < -0.39 is 0 Å². The molecule has 1 aliphatic heterocycles. The molecule has 0 unspecified atom stereocenters. The Bertz CT molecular complexity index is 592. The van der Waals surface area contributed by atoms with Crippen molar-refractivity contribution in [2.75, 3.05) is 26.2 Å². The molecule has 0 bridgehead atoms. The van der Waals surface area contributed by atoms with Gasteiger partial charge in [0.05, 0.1) is 0 Å². The van der Waals surface area contributed by atoms with Crippen molar-refractivity contribution >= 4 is 11.7 Å². The van der Waals surface area contributed by atoms with Gasteiger partial charge in [-0.05, 0) is 43.5 Å². The van der Waals surface area contributed by atoms with E-state index in [0.29, 0.717) is 44.3 Å². The third-order valence-corrected chi connectivity index (χ3v) is 4.37. The van der Waals surface area contributed by atoms with Crippen LogP contribution in [0.5, 0.6) is 0 Å². The lowest BCUT2D eigenvalue weighted by atomic mass is 10.0. The number of carbonyl (C=O) groups is 2. The minimum absolute atomic E-state index is 0.0292. The molecule has 7 heteroatoms. The van der Waals surface area contributed by atoms with Crippen LogP contribution in [0.1, 0.15) is 42.5 Å². The Kier molecular flexibility index (Phi) is 7.66. The van der Waals surface area contributed by atoms with E-state index in [4.69, 9.17) is 0 Å². The maximum atomic E-state index is 12.8. The number of benzene rings is 1. The van der Waals surface area contributed by atoms with E-state index in [2.05, 4.69) is 15.4 Å². The predicted octanol–water partition coefficient (Wildman–Crippen LogP) is 2.53. The zero-order valence-electron chi connectivity index (χ0n) is 14.2. The SMILES string of the molecule is O=N[C@H]1CCN(CCNC(=O)CCCCC(=O)c2ccc(F)cc2)C1. The summed E-state index contributed by atoms with van der Waals surface area (Å²) >= 11 is 0. The second-order valence-electron chi connectivity index (χ2n) is 6.34. The number of amides is 1. The first-order valence-corrected chi connectivity index (χ1v) is 8.69. The Labute approximate surface area is 146 Å². The highest BCUT2D eigenvalue weighted by Gasteiger charge is 2.22. The molecule has 1 atom stereocenters. The molecule has 6 nitrogen and oxygen atoms in total. The van der Waals surface area contributed by atoms with E-state index >= 15 is 0 Å². The standard InChI is InChI=1S/C18H24FN3O3/c19-15-7-5-14(6-8-15)17(23)3-1-2-4-18(24)20-10-12-22-11-9-16(13-22)21-25/h5-8,16H,1-4,9-13H2,(H,20,24)/t16-/m0/s1. The van der Waals surface area contributed by atoms with E-state index in [1.807, 2.05) is 0 Å². The van der Waals surface area contributed by atoms with Crippen LogP contribution in [0.15, 0.2) is 29.4 Å². The Hall–Kier alpha value is -2.15. The molecule has 1 N–H and O–H groups in total. The van der Waals surface area contributed by atoms with E-state index in [1.165, 1.54) is 24.3 Å². The predicted molar refractivity (Wildman–Crippen MR) is 92.8 cm³/mol. The zero-order chi connectivity index (χ0) is 18.1. The summed E-state index contributed by atoms with van der Waals surface area (Å²) in [5, 5.41) is 5.90. The van der Waals surface area contributed by atoms with Gasteiger partial charge in [-0.15, -0.1) is 0 Å². The number of likely N-dealkylation sites (tertiary alicyclic amines) is 1. The molecule has 1 aliphatic rings. The van der Waals surface area contributed by atoms with Gasteiger partial charge in [0.1, 0.15) is 11.9 Å². The number of nitrogens with zero attached hydrogens (tertiary/aromatic N) is 2. The highest BCUT2D eigenvalue weighted by molar-refractivity contribution is 5.95. The van der Waals surface area contributed by atoms with Crippen molar-refractivity contribution in [3.63, 3.8) is 0 Å². The highest BCUT2D eigenvalue weighted by atomic mass is 19.1. The van der Waals surface area contributed by atoms with Crippen molar-refractivity contribution in [1.29, 1.82) is 0 Å². The smallest absolute Gasteiger partial charge is 0.220 e. The van der Waals surface area contributed by atoms with Crippen molar-refractivity contribution in [3.05, 3.63) is 40.6 Å². The third kappa shape index (κ3) is 6.70. The lowest BCUT2D eigenvalue weighted by Crippen LogP contribution is -2.34. The van der Waals surface area contributed by atoms with Gasteiger partial charge >= 0.3 is 0 Å². The molecule has 0 saturated carbocycles. The van der Waals surface area contributed by atoms with Crippen molar-refractivity contribution in [1.82, 2.24) is 10.2 Å². The molecule has 1 aromatic rings. The van der Waals surface area contributed by atoms with Crippen LogP contribution in [0, 0.1) is 10.7 Å². The van der Waals surface area contributed by atoms with Crippen LogP contribution in [0.3, 0.4) is 0 Å². The van der Waals surface area contributed by atoms with Crippen molar-refractivity contribution < 1.29 is 14.0 Å². The van der Waals surface area contributed by atoms with Crippen LogP contribution in [0.4, 0.5) is 4.39 Å². The first-order valence-electron chi connectivity index (χ1n) is 8.69. The number of nitroso groups, excluding NO2 is 1. The second kappa shape index (κ2) is 9.98. The maximum absolute atomic E-state index is 12.8. The minimum atomic E-state index is -0.361. The van der Waals surface area contributed by atoms with E-state index in [9.17, 15) is 18.9 Å². The summed E-state index contributed by atoms with van der Waals surface area (Å²) in [6, 6.07) is 5.39. The van der Waals surface area contributed by atoms with Crippen LogP contribution in [-0.4, -0.2) is 48.8 Å². The summed E-state index contributed by atoms with van der Waals surface area (Å²) in [7, 11) is 0. The highest BCUT2D eigenvalue weighted by Crippen LogP contribution is 2.11. The van der Waals surface area contributed by atoms with Gasteiger partial charge in [0.25, 0.3) is 0 Å². The molecule has 0 radical (unpaired) electrons. The van der Waals surface area contributed by atoms with Gasteiger partial charge in [-0.25, -0.2) is 4.39 Å². The normalized spacial score (nSPS) is 17.4. The summed E-state index contributed by atoms with van der Waals surface area (Å²) in [5.41, 5.74) is 0.500. The first kappa shape index (κ1) is 19.2. The molecule has 1 heterocycles. The third-order valence-electron chi connectivity index (χ3n) is 4.37. The molecule has 0 aromatic heterocycles. The van der Waals surface area contributed by atoms with E-state index in [1.54, 1.807) is 0 Å². The summed E-state index contributed by atoms with van der Waals surface area (Å²) in [6.45, 7) is 2.79. The molecule has 0 aliphatic carbocycles. The summed E-state index contributed by atoms with van der Waals surface area (Å²) in [5.74, 6) is -0.425. The van der Waals surface area contributed by atoms with Gasteiger partial charge < -0.3 is 5.32 Å². The van der Waals surface area contributed by atoms with E-state index in [-0.39, 0.29) is 23.5 Å². The summed E-state index contributed by atoms with van der Waals surface area (Å²) < 4.78 is 12.8. The molecular formula is C18H24FN3O3. The number of nitrogens with one attached hydrogen (secondary N) is 1. The van der Waals surface area contributed by atoms with Gasteiger partial charge in [0.15, 0.2) is 5.78 Å². The van der Waals surface area contributed by atoms with Gasteiger partial charge in [-0.1, -0.05) is 5.18 Å². The van der Waals surface area contributed by atoms with Crippen LogP contribution in [0.25, 0.3) is 0 Å². The Morgan fingerprint density at radius 3 is 2.60 bits per heavy atom. The lowest BCUT2D eigenvalue weighted by molar-refractivity contribution is -0.121. The van der Waals surface area contributed by atoms with Crippen molar-refractivity contribution in [2.24, 2.45) is 5.18 Å². The Balaban J connectivity index is 1.52. The van der Waals surface area contributed by atoms with Crippen LogP contribution in [0.2, 0.25) is 0 Å².